The van der Waals surface area contributed by atoms with Gasteiger partial charge in [0.2, 0.25) is 0 Å². The molecule has 22 heavy (non-hydrogen) atoms. The number of nitrogens with one attached hydrogen (secondary N) is 1. The molecule has 0 aromatic heterocycles. The Hall–Kier alpha value is -0.250. The highest BCUT2D eigenvalue weighted by Gasteiger charge is 2.15. The molecule has 1 unspecified atom stereocenters. The van der Waals surface area contributed by atoms with E-state index in [1.165, 1.54) is 70.8 Å². The van der Waals surface area contributed by atoms with Gasteiger partial charge in [-0.1, -0.05) is 58.8 Å². The molecule has 0 radical (unpaired) electrons. The van der Waals surface area contributed by atoms with Crippen molar-refractivity contribution >= 4 is 0 Å². The lowest BCUT2D eigenvalue weighted by Gasteiger charge is -2.17. The standard InChI is InChI=1S/C18H36N2O.ClH/c1-3-5-7-9-10-12-16-21-18-20-15-14-19(17-20)13-11-8-6-4-2;/h14-15H,3-13,16-18H2,1-2H3;1H. The van der Waals surface area contributed by atoms with Crippen molar-refractivity contribution < 1.29 is 22.0 Å². The molecule has 0 aromatic carbocycles. The van der Waals surface area contributed by atoms with E-state index in [2.05, 4.69) is 31.1 Å². The van der Waals surface area contributed by atoms with Crippen LogP contribution in [0.15, 0.2) is 12.4 Å². The van der Waals surface area contributed by atoms with E-state index in [9.17, 15) is 0 Å². The van der Waals surface area contributed by atoms with Crippen LogP contribution in [-0.2, 0) is 4.74 Å². The van der Waals surface area contributed by atoms with Crippen LogP contribution in [0.2, 0.25) is 0 Å². The fraction of sp³-hybridized carbons (Fsp3) is 0.889. The van der Waals surface area contributed by atoms with Crippen LogP contribution in [0.5, 0.6) is 0 Å². The monoisotopic (exact) mass is 332 g/mol. The molecule has 0 aliphatic carbocycles. The first-order chi connectivity index (χ1) is 10.4. The lowest BCUT2D eigenvalue weighted by atomic mass is 10.1. The van der Waals surface area contributed by atoms with Crippen molar-refractivity contribution in [1.29, 1.82) is 0 Å². The summed E-state index contributed by atoms with van der Waals surface area (Å²) in [5.41, 5.74) is 0. The van der Waals surface area contributed by atoms with Gasteiger partial charge in [0, 0.05) is 6.61 Å². The second-order valence-corrected chi connectivity index (χ2v) is 6.34. The molecule has 0 spiro atoms. The summed E-state index contributed by atoms with van der Waals surface area (Å²) in [5.74, 6) is 0. The number of hydrogen-bond donors (Lipinski definition) is 1. The van der Waals surface area contributed by atoms with Gasteiger partial charge in [-0.2, -0.15) is 0 Å². The van der Waals surface area contributed by atoms with E-state index in [1.807, 2.05) is 0 Å². The zero-order valence-electron chi connectivity index (χ0n) is 14.8. The number of quaternary nitrogens is 1. The van der Waals surface area contributed by atoms with Crippen LogP contribution in [-0.4, -0.2) is 31.5 Å². The van der Waals surface area contributed by atoms with Crippen molar-refractivity contribution in [2.24, 2.45) is 0 Å². The minimum atomic E-state index is 0. The summed E-state index contributed by atoms with van der Waals surface area (Å²) in [5, 5.41) is 0. The van der Waals surface area contributed by atoms with Crippen molar-refractivity contribution in [3.05, 3.63) is 12.4 Å². The Morgan fingerprint density at radius 2 is 1.55 bits per heavy atom. The van der Waals surface area contributed by atoms with Crippen molar-refractivity contribution in [3.63, 3.8) is 0 Å². The van der Waals surface area contributed by atoms with Gasteiger partial charge in [0.15, 0.2) is 6.67 Å². The molecular formula is C18H37ClN2O. The average molecular weight is 333 g/mol. The molecule has 0 saturated carbocycles. The smallest absolute Gasteiger partial charge is 0.158 e. The van der Waals surface area contributed by atoms with Crippen LogP contribution < -0.4 is 17.3 Å². The molecule has 0 fully saturated rings. The highest BCUT2D eigenvalue weighted by Crippen LogP contribution is 2.05. The Morgan fingerprint density at radius 3 is 2.27 bits per heavy atom. The summed E-state index contributed by atoms with van der Waals surface area (Å²) < 4.78 is 5.78. The number of hydrogen-bond acceptors (Lipinski definition) is 2. The Kier molecular flexibility index (Phi) is 15.5. The summed E-state index contributed by atoms with van der Waals surface area (Å²) in [7, 11) is 0. The maximum atomic E-state index is 5.78. The molecule has 1 aliphatic heterocycles. The van der Waals surface area contributed by atoms with Gasteiger partial charge in [0.1, 0.15) is 12.9 Å². The van der Waals surface area contributed by atoms with Gasteiger partial charge in [0.05, 0.1) is 12.7 Å². The minimum absolute atomic E-state index is 0. The molecule has 0 amide bonds. The third-order valence-electron chi connectivity index (χ3n) is 4.18. The van der Waals surface area contributed by atoms with Gasteiger partial charge >= 0.3 is 0 Å². The quantitative estimate of drug-likeness (QED) is 0.467. The van der Waals surface area contributed by atoms with E-state index in [-0.39, 0.29) is 12.4 Å². The Balaban J connectivity index is 0.00000441. The van der Waals surface area contributed by atoms with Gasteiger partial charge in [0.25, 0.3) is 0 Å². The number of halogens is 1. The molecule has 0 aromatic rings. The van der Waals surface area contributed by atoms with Crippen molar-refractivity contribution in [1.82, 2.24) is 4.90 Å². The molecule has 1 rings (SSSR count). The van der Waals surface area contributed by atoms with Crippen molar-refractivity contribution in [3.8, 4) is 0 Å². The molecule has 0 bridgehead atoms. The van der Waals surface area contributed by atoms with E-state index in [1.54, 1.807) is 4.90 Å². The zero-order chi connectivity index (χ0) is 15.2. The summed E-state index contributed by atoms with van der Waals surface area (Å²) in [4.78, 5) is 3.88. The van der Waals surface area contributed by atoms with Gasteiger partial charge in [-0.25, -0.2) is 0 Å². The first kappa shape index (κ1) is 21.8. The van der Waals surface area contributed by atoms with Crippen LogP contribution in [0.25, 0.3) is 0 Å². The van der Waals surface area contributed by atoms with E-state index in [0.29, 0.717) is 0 Å². The molecule has 132 valence electrons. The second kappa shape index (κ2) is 15.6. The highest BCUT2D eigenvalue weighted by atomic mass is 35.5. The van der Waals surface area contributed by atoms with Crippen molar-refractivity contribution in [2.45, 2.75) is 78.1 Å². The predicted molar refractivity (Wildman–Crippen MR) is 90.0 cm³/mol. The number of unbranched alkanes of at least 4 members (excludes halogenated alkanes) is 8. The number of rotatable bonds is 14. The lowest BCUT2D eigenvalue weighted by Crippen LogP contribution is -3.07. The fourth-order valence-corrected chi connectivity index (χ4v) is 2.77. The summed E-state index contributed by atoms with van der Waals surface area (Å²) >= 11 is 0. The number of nitrogens with zero attached hydrogens (tertiary/aromatic N) is 1. The van der Waals surface area contributed by atoms with Gasteiger partial charge < -0.3 is 22.0 Å². The minimum Gasteiger partial charge on any atom is -1.00 e. The molecule has 0 saturated heterocycles. The predicted octanol–water partition coefficient (Wildman–Crippen LogP) is 0.535. The first-order valence-corrected chi connectivity index (χ1v) is 9.21. The SMILES string of the molecule is CCCCCCCCOCN1C=C[NH+](CCCCCC)C1.[Cl-]. The third-order valence-corrected chi connectivity index (χ3v) is 4.18. The normalized spacial score (nSPS) is 17.0. The van der Waals surface area contributed by atoms with E-state index in [0.717, 1.165) is 20.0 Å². The summed E-state index contributed by atoms with van der Waals surface area (Å²) in [6.07, 6.45) is 17.9. The van der Waals surface area contributed by atoms with Gasteiger partial charge in [-0.15, -0.1) is 0 Å². The average Bonchev–Trinajstić information content (AvgIpc) is 2.94. The molecular weight excluding hydrogens is 296 g/mol. The van der Waals surface area contributed by atoms with Gasteiger partial charge in [-0.3, -0.25) is 4.90 Å². The first-order valence-electron chi connectivity index (χ1n) is 9.21. The van der Waals surface area contributed by atoms with Crippen LogP contribution >= 0.6 is 0 Å². The van der Waals surface area contributed by atoms with Crippen LogP contribution in [0.1, 0.15) is 78.1 Å². The fourth-order valence-electron chi connectivity index (χ4n) is 2.77. The molecule has 1 atom stereocenters. The van der Waals surface area contributed by atoms with E-state index >= 15 is 0 Å². The number of ether oxygens (including phenoxy) is 1. The highest BCUT2D eigenvalue weighted by molar-refractivity contribution is 4.75. The van der Waals surface area contributed by atoms with Crippen LogP contribution in [0, 0.1) is 0 Å². The lowest BCUT2D eigenvalue weighted by molar-refractivity contribution is -0.849. The Labute approximate surface area is 144 Å². The molecule has 3 nitrogen and oxygen atoms in total. The molecule has 1 N–H and O–H groups in total. The Morgan fingerprint density at radius 1 is 0.909 bits per heavy atom. The summed E-state index contributed by atoms with van der Waals surface area (Å²) in [6.45, 7) is 8.58. The third kappa shape index (κ3) is 11.3. The van der Waals surface area contributed by atoms with Crippen molar-refractivity contribution in [2.75, 3.05) is 26.6 Å². The second-order valence-electron chi connectivity index (χ2n) is 6.34. The topological polar surface area (TPSA) is 16.9 Å². The van der Waals surface area contributed by atoms with Gasteiger partial charge in [-0.05, 0) is 19.3 Å². The molecule has 1 heterocycles. The van der Waals surface area contributed by atoms with Crippen LogP contribution in [0.3, 0.4) is 0 Å². The van der Waals surface area contributed by atoms with E-state index in [4.69, 9.17) is 4.74 Å². The molecule has 1 aliphatic rings. The maximum absolute atomic E-state index is 5.78. The molecule has 4 heteroatoms. The summed E-state index contributed by atoms with van der Waals surface area (Å²) in [6, 6.07) is 0. The Bertz CT molecular complexity index is 261. The zero-order valence-corrected chi connectivity index (χ0v) is 15.5. The maximum Gasteiger partial charge on any atom is 0.158 e. The van der Waals surface area contributed by atoms with Crippen LogP contribution in [0.4, 0.5) is 0 Å². The van der Waals surface area contributed by atoms with E-state index < -0.39 is 0 Å². The largest absolute Gasteiger partial charge is 1.00 e.